The number of aliphatic imine (C=N–C) groups is 1. The van der Waals surface area contributed by atoms with E-state index in [0.717, 1.165) is 41.6 Å². The number of guanidine groups is 1. The number of thiazole rings is 1. The van der Waals surface area contributed by atoms with Crippen LogP contribution in [0.15, 0.2) is 29.3 Å². The molecule has 2 unspecified atom stereocenters. The van der Waals surface area contributed by atoms with Gasteiger partial charge >= 0.3 is 0 Å². The molecule has 1 aromatic heterocycles. The zero-order valence-corrected chi connectivity index (χ0v) is 18.5. The van der Waals surface area contributed by atoms with Gasteiger partial charge in [0, 0.05) is 36.3 Å². The Morgan fingerprint density at radius 3 is 2.77 bits per heavy atom. The van der Waals surface area contributed by atoms with Crippen molar-refractivity contribution < 1.29 is 4.39 Å². The minimum absolute atomic E-state index is 0. The van der Waals surface area contributed by atoms with E-state index in [2.05, 4.69) is 27.5 Å². The molecule has 142 valence electrons. The Hall–Kier alpha value is -1.22. The lowest BCUT2D eigenvalue weighted by Gasteiger charge is -2.11. The molecule has 1 aromatic carbocycles. The maximum absolute atomic E-state index is 13.9. The van der Waals surface area contributed by atoms with Crippen LogP contribution >= 0.6 is 35.3 Å². The second kappa shape index (κ2) is 9.64. The first-order chi connectivity index (χ1) is 12.1. The maximum atomic E-state index is 13.9. The van der Waals surface area contributed by atoms with Crippen LogP contribution in [0, 0.1) is 19.7 Å². The number of hydrogen-bond donors (Lipinski definition) is 2. The van der Waals surface area contributed by atoms with Crippen LogP contribution < -0.4 is 10.6 Å². The highest BCUT2D eigenvalue weighted by atomic mass is 127. The topological polar surface area (TPSA) is 49.3 Å². The number of aryl methyl sites for hydroxylation is 2. The van der Waals surface area contributed by atoms with Crippen molar-refractivity contribution in [1.29, 1.82) is 0 Å². The molecule has 0 bridgehead atoms. The van der Waals surface area contributed by atoms with E-state index in [9.17, 15) is 4.39 Å². The lowest BCUT2D eigenvalue weighted by Crippen LogP contribution is -2.39. The number of nitrogens with zero attached hydrogens (tertiary/aromatic N) is 2. The smallest absolute Gasteiger partial charge is 0.191 e. The van der Waals surface area contributed by atoms with Crippen molar-refractivity contribution in [1.82, 2.24) is 15.6 Å². The Labute approximate surface area is 175 Å². The summed E-state index contributed by atoms with van der Waals surface area (Å²) in [5.74, 6) is 0.916. The molecule has 4 nitrogen and oxygen atoms in total. The summed E-state index contributed by atoms with van der Waals surface area (Å²) in [5.41, 5.74) is 1.91. The van der Waals surface area contributed by atoms with Gasteiger partial charge in [-0.1, -0.05) is 18.2 Å². The molecule has 2 aromatic rings. The molecule has 1 aliphatic carbocycles. The number of nitrogens with one attached hydrogen (secondary N) is 2. The first kappa shape index (κ1) is 21.1. The molecule has 0 radical (unpaired) electrons. The Kier molecular flexibility index (Phi) is 7.82. The van der Waals surface area contributed by atoms with Gasteiger partial charge in [0.25, 0.3) is 0 Å². The van der Waals surface area contributed by atoms with E-state index in [1.807, 2.05) is 26.0 Å². The van der Waals surface area contributed by atoms with E-state index in [1.165, 1.54) is 10.9 Å². The molecular formula is C19H26FIN4S. The Bertz CT molecular complexity index is 742. The van der Waals surface area contributed by atoms with Crippen molar-refractivity contribution in [2.24, 2.45) is 4.99 Å². The summed E-state index contributed by atoms with van der Waals surface area (Å²) in [5, 5.41) is 7.83. The van der Waals surface area contributed by atoms with E-state index in [4.69, 9.17) is 0 Å². The standard InChI is InChI=1S/C19H25FN4S.HI/c1-4-21-19(22-10-9-18-23-12(2)13(3)25-18)24-17-11-15(17)14-7-5-6-8-16(14)20;/h5-8,15,17H,4,9-11H2,1-3H3,(H2,21,22,24);1H. The Balaban J connectivity index is 0.00000243. The quantitative estimate of drug-likeness (QED) is 0.365. The van der Waals surface area contributed by atoms with Crippen LogP contribution in [0.3, 0.4) is 0 Å². The number of halogens is 2. The van der Waals surface area contributed by atoms with Gasteiger partial charge in [-0.25, -0.2) is 9.37 Å². The summed E-state index contributed by atoms with van der Waals surface area (Å²) in [4.78, 5) is 10.5. The summed E-state index contributed by atoms with van der Waals surface area (Å²) in [6.07, 6.45) is 1.79. The van der Waals surface area contributed by atoms with Gasteiger partial charge in [-0.05, 0) is 38.8 Å². The molecule has 1 saturated carbocycles. The molecule has 1 fully saturated rings. The van der Waals surface area contributed by atoms with Crippen LogP contribution in [0.25, 0.3) is 0 Å². The number of aromatic nitrogens is 1. The molecule has 7 heteroatoms. The third kappa shape index (κ3) is 5.39. The van der Waals surface area contributed by atoms with Crippen molar-refractivity contribution >= 4 is 41.3 Å². The first-order valence-electron chi connectivity index (χ1n) is 8.80. The van der Waals surface area contributed by atoms with Crippen molar-refractivity contribution in [2.45, 2.75) is 45.6 Å². The fourth-order valence-corrected chi connectivity index (χ4v) is 3.80. The second-order valence-electron chi connectivity index (χ2n) is 6.37. The Morgan fingerprint density at radius 2 is 2.12 bits per heavy atom. The molecule has 0 amide bonds. The van der Waals surface area contributed by atoms with E-state index in [-0.39, 0.29) is 41.8 Å². The molecule has 1 heterocycles. The van der Waals surface area contributed by atoms with Crippen LogP contribution in [-0.4, -0.2) is 30.1 Å². The van der Waals surface area contributed by atoms with Crippen LogP contribution in [0.5, 0.6) is 0 Å². The van der Waals surface area contributed by atoms with Crippen LogP contribution in [0.1, 0.15) is 40.4 Å². The minimum atomic E-state index is -0.117. The van der Waals surface area contributed by atoms with Gasteiger partial charge < -0.3 is 10.6 Å². The summed E-state index contributed by atoms with van der Waals surface area (Å²) >= 11 is 1.74. The van der Waals surface area contributed by atoms with E-state index in [1.54, 1.807) is 17.4 Å². The normalized spacial score (nSPS) is 19.0. The van der Waals surface area contributed by atoms with Gasteiger partial charge in [-0.3, -0.25) is 4.99 Å². The average molecular weight is 488 g/mol. The molecular weight excluding hydrogens is 462 g/mol. The van der Waals surface area contributed by atoms with Gasteiger partial charge in [-0.2, -0.15) is 0 Å². The van der Waals surface area contributed by atoms with Gasteiger partial charge in [0.15, 0.2) is 5.96 Å². The van der Waals surface area contributed by atoms with Gasteiger partial charge in [0.1, 0.15) is 5.82 Å². The highest BCUT2D eigenvalue weighted by molar-refractivity contribution is 14.0. The second-order valence-corrected chi connectivity index (χ2v) is 7.66. The third-order valence-corrected chi connectivity index (χ3v) is 5.56. The largest absolute Gasteiger partial charge is 0.357 e. The molecule has 2 atom stereocenters. The zero-order valence-electron chi connectivity index (χ0n) is 15.4. The van der Waals surface area contributed by atoms with E-state index < -0.39 is 0 Å². The molecule has 0 saturated heterocycles. The molecule has 0 spiro atoms. The number of hydrogen-bond acceptors (Lipinski definition) is 3. The van der Waals surface area contributed by atoms with Crippen LogP contribution in [0.4, 0.5) is 4.39 Å². The average Bonchev–Trinajstić information content (AvgIpc) is 3.26. The molecule has 26 heavy (non-hydrogen) atoms. The minimum Gasteiger partial charge on any atom is -0.357 e. The molecule has 1 aliphatic rings. The molecule has 0 aliphatic heterocycles. The highest BCUT2D eigenvalue weighted by Crippen LogP contribution is 2.41. The summed E-state index contributed by atoms with van der Waals surface area (Å²) in [6, 6.07) is 7.28. The lowest BCUT2D eigenvalue weighted by atomic mass is 10.1. The predicted octanol–water partition coefficient (Wildman–Crippen LogP) is 4.17. The lowest BCUT2D eigenvalue weighted by molar-refractivity contribution is 0.607. The van der Waals surface area contributed by atoms with Crippen molar-refractivity contribution in [2.75, 3.05) is 13.1 Å². The van der Waals surface area contributed by atoms with Gasteiger partial charge in [0.05, 0.1) is 10.7 Å². The summed E-state index contributed by atoms with van der Waals surface area (Å²) < 4.78 is 13.9. The number of benzene rings is 1. The summed E-state index contributed by atoms with van der Waals surface area (Å²) in [7, 11) is 0. The third-order valence-electron chi connectivity index (χ3n) is 4.43. The zero-order chi connectivity index (χ0) is 17.8. The van der Waals surface area contributed by atoms with Crippen molar-refractivity contribution in [3.63, 3.8) is 0 Å². The Morgan fingerprint density at radius 1 is 1.35 bits per heavy atom. The van der Waals surface area contributed by atoms with Gasteiger partial charge in [0.2, 0.25) is 0 Å². The van der Waals surface area contributed by atoms with Crippen molar-refractivity contribution in [3.05, 3.63) is 51.2 Å². The molecule has 2 N–H and O–H groups in total. The van der Waals surface area contributed by atoms with Crippen molar-refractivity contribution in [3.8, 4) is 0 Å². The van der Waals surface area contributed by atoms with Crippen LogP contribution in [-0.2, 0) is 6.42 Å². The van der Waals surface area contributed by atoms with Gasteiger partial charge in [-0.15, -0.1) is 35.3 Å². The maximum Gasteiger partial charge on any atom is 0.191 e. The molecule has 3 rings (SSSR count). The fraction of sp³-hybridized carbons (Fsp3) is 0.474. The van der Waals surface area contributed by atoms with Crippen LogP contribution in [0.2, 0.25) is 0 Å². The predicted molar refractivity (Wildman–Crippen MR) is 117 cm³/mol. The first-order valence-corrected chi connectivity index (χ1v) is 9.62. The monoisotopic (exact) mass is 488 g/mol. The van der Waals surface area contributed by atoms with E-state index >= 15 is 0 Å². The fourth-order valence-electron chi connectivity index (χ4n) is 2.88. The number of rotatable bonds is 6. The SMILES string of the molecule is CCNC(=NCCc1nc(C)c(C)s1)NC1CC1c1ccccc1F.I. The highest BCUT2D eigenvalue weighted by Gasteiger charge is 2.40. The van der Waals surface area contributed by atoms with E-state index in [0.29, 0.717) is 6.54 Å². The summed E-state index contributed by atoms with van der Waals surface area (Å²) in [6.45, 7) is 7.69.